The fraction of sp³-hybridized carbons (Fsp3) is 0.0556. The van der Waals surface area contributed by atoms with Crippen LogP contribution in [-0.2, 0) is 0 Å². The molecule has 0 aliphatic rings. The van der Waals surface area contributed by atoms with E-state index in [1.165, 1.54) is 0 Å². The Morgan fingerprint density at radius 3 is 2.62 bits per heavy atom. The van der Waals surface area contributed by atoms with E-state index in [1.807, 2.05) is 42.5 Å². The number of rotatable bonds is 3. The third-order valence-electron chi connectivity index (χ3n) is 3.51. The molecule has 0 fully saturated rings. The summed E-state index contributed by atoms with van der Waals surface area (Å²) >= 11 is 3.37. The lowest BCUT2D eigenvalue weighted by atomic mass is 10.1. The van der Waals surface area contributed by atoms with Crippen LogP contribution < -0.4 is 11.0 Å². The summed E-state index contributed by atoms with van der Waals surface area (Å²) in [6.07, 6.45) is 0. The van der Waals surface area contributed by atoms with Crippen molar-refractivity contribution in [1.82, 2.24) is 5.43 Å². The second-order valence-electron chi connectivity index (χ2n) is 5.17. The summed E-state index contributed by atoms with van der Waals surface area (Å²) in [4.78, 5) is 12.3. The molecule has 1 aromatic heterocycles. The van der Waals surface area contributed by atoms with Crippen molar-refractivity contribution in [2.75, 3.05) is 0 Å². The van der Waals surface area contributed by atoms with Crippen LogP contribution in [0.2, 0.25) is 0 Å². The zero-order valence-corrected chi connectivity index (χ0v) is 14.4. The number of hydrogen-bond acceptors (Lipinski definition) is 4. The molecular formula is C18H14BrN3O2. The summed E-state index contributed by atoms with van der Waals surface area (Å²) in [5, 5.41) is 12.7. The Labute approximate surface area is 146 Å². The molecule has 1 amide bonds. The number of para-hydroxylation sites is 1. The van der Waals surface area contributed by atoms with Crippen molar-refractivity contribution in [3.8, 4) is 0 Å². The van der Waals surface area contributed by atoms with Gasteiger partial charge in [-0.2, -0.15) is 5.10 Å². The highest BCUT2D eigenvalue weighted by Gasteiger charge is 2.11. The van der Waals surface area contributed by atoms with Gasteiger partial charge in [0, 0.05) is 9.86 Å². The molecule has 120 valence electrons. The van der Waals surface area contributed by atoms with Gasteiger partial charge < -0.3 is 4.42 Å². The van der Waals surface area contributed by atoms with Gasteiger partial charge >= 0.3 is 0 Å². The van der Waals surface area contributed by atoms with E-state index in [0.29, 0.717) is 11.3 Å². The zero-order chi connectivity index (χ0) is 17.1. The van der Waals surface area contributed by atoms with Crippen molar-refractivity contribution < 1.29 is 9.21 Å². The molecule has 0 aliphatic heterocycles. The van der Waals surface area contributed by atoms with Crippen molar-refractivity contribution >= 4 is 38.5 Å². The minimum absolute atomic E-state index is 0.140. The van der Waals surface area contributed by atoms with Crippen molar-refractivity contribution in [3.63, 3.8) is 0 Å². The number of nitrogens with one attached hydrogen (secondary N) is 2. The number of carbonyl (C=O) groups is 1. The fourth-order valence-electron chi connectivity index (χ4n) is 2.20. The predicted octanol–water partition coefficient (Wildman–Crippen LogP) is 3.83. The number of hydrogen-bond donors (Lipinski definition) is 2. The molecule has 2 N–H and O–H groups in total. The SMILES string of the molecule is C/C(=N/NC(=O)c1cc2ccccc2oc1=N)c1ccc(Br)cc1. The van der Waals surface area contributed by atoms with Gasteiger partial charge in [-0.1, -0.05) is 46.3 Å². The molecule has 3 aromatic rings. The molecule has 5 nitrogen and oxygen atoms in total. The first-order valence-corrected chi connectivity index (χ1v) is 8.02. The van der Waals surface area contributed by atoms with Gasteiger partial charge in [0.1, 0.15) is 11.1 Å². The molecule has 0 aliphatic carbocycles. The molecule has 0 spiro atoms. The molecule has 6 heteroatoms. The number of amides is 1. The van der Waals surface area contributed by atoms with E-state index in [2.05, 4.69) is 26.5 Å². The Bertz CT molecular complexity index is 991. The van der Waals surface area contributed by atoms with Gasteiger partial charge in [0.2, 0.25) is 5.55 Å². The monoisotopic (exact) mass is 383 g/mol. The maximum absolute atomic E-state index is 12.3. The molecule has 1 heterocycles. The molecule has 0 atom stereocenters. The summed E-state index contributed by atoms with van der Waals surface area (Å²) in [6, 6.07) is 16.5. The highest BCUT2D eigenvalue weighted by atomic mass is 79.9. The Balaban J connectivity index is 1.84. The second kappa shape index (κ2) is 6.80. The minimum Gasteiger partial charge on any atom is -0.438 e. The van der Waals surface area contributed by atoms with Crippen LogP contribution in [0.25, 0.3) is 11.0 Å². The van der Waals surface area contributed by atoms with Crippen molar-refractivity contribution in [3.05, 3.63) is 75.8 Å². The lowest BCUT2D eigenvalue weighted by Crippen LogP contribution is -2.25. The van der Waals surface area contributed by atoms with Crippen LogP contribution in [0.15, 0.2) is 68.6 Å². The smallest absolute Gasteiger partial charge is 0.276 e. The molecule has 2 aromatic carbocycles. The third kappa shape index (κ3) is 3.44. The van der Waals surface area contributed by atoms with Crippen molar-refractivity contribution in [1.29, 1.82) is 5.41 Å². The van der Waals surface area contributed by atoms with Crippen LogP contribution in [0.3, 0.4) is 0 Å². The topological polar surface area (TPSA) is 78.5 Å². The van der Waals surface area contributed by atoms with Gasteiger partial charge in [0.15, 0.2) is 0 Å². The van der Waals surface area contributed by atoms with Gasteiger partial charge in [0.25, 0.3) is 5.91 Å². The van der Waals surface area contributed by atoms with E-state index in [-0.39, 0.29) is 11.1 Å². The first kappa shape index (κ1) is 16.1. The summed E-state index contributed by atoms with van der Waals surface area (Å²) in [5.74, 6) is -0.481. The Morgan fingerprint density at radius 1 is 1.17 bits per heavy atom. The molecular weight excluding hydrogens is 370 g/mol. The molecule has 0 unspecified atom stereocenters. The predicted molar refractivity (Wildman–Crippen MR) is 95.9 cm³/mol. The quantitative estimate of drug-likeness (QED) is 0.532. The first-order valence-electron chi connectivity index (χ1n) is 7.22. The van der Waals surface area contributed by atoms with Crippen LogP contribution in [0.4, 0.5) is 0 Å². The molecule has 0 saturated carbocycles. The van der Waals surface area contributed by atoms with Crippen LogP contribution in [0, 0.1) is 5.41 Å². The van der Waals surface area contributed by atoms with Gasteiger partial charge in [-0.3, -0.25) is 10.2 Å². The molecule has 0 bridgehead atoms. The number of hydrazone groups is 1. The van der Waals surface area contributed by atoms with E-state index >= 15 is 0 Å². The second-order valence-corrected chi connectivity index (χ2v) is 6.09. The summed E-state index contributed by atoms with van der Waals surface area (Å²) in [6.45, 7) is 1.80. The van der Waals surface area contributed by atoms with E-state index in [9.17, 15) is 4.79 Å². The summed E-state index contributed by atoms with van der Waals surface area (Å²) < 4.78 is 6.34. The number of carbonyl (C=O) groups excluding carboxylic acids is 1. The maximum atomic E-state index is 12.3. The minimum atomic E-state index is -0.481. The highest BCUT2D eigenvalue weighted by Crippen LogP contribution is 2.13. The van der Waals surface area contributed by atoms with Crippen molar-refractivity contribution in [2.45, 2.75) is 6.92 Å². The lowest BCUT2D eigenvalue weighted by molar-refractivity contribution is 0.0950. The molecule has 24 heavy (non-hydrogen) atoms. The Morgan fingerprint density at radius 2 is 1.88 bits per heavy atom. The van der Waals surface area contributed by atoms with Gasteiger partial charge in [-0.05, 0) is 36.8 Å². The van der Waals surface area contributed by atoms with Gasteiger partial charge in [-0.25, -0.2) is 5.43 Å². The summed E-state index contributed by atoms with van der Waals surface area (Å²) in [7, 11) is 0. The van der Waals surface area contributed by atoms with E-state index < -0.39 is 5.91 Å². The zero-order valence-electron chi connectivity index (χ0n) is 12.8. The highest BCUT2D eigenvalue weighted by molar-refractivity contribution is 9.10. The van der Waals surface area contributed by atoms with Crippen LogP contribution in [0.5, 0.6) is 0 Å². The van der Waals surface area contributed by atoms with E-state index in [4.69, 9.17) is 9.83 Å². The van der Waals surface area contributed by atoms with Crippen LogP contribution >= 0.6 is 15.9 Å². The van der Waals surface area contributed by atoms with E-state index in [0.717, 1.165) is 15.4 Å². The fourth-order valence-corrected chi connectivity index (χ4v) is 2.46. The average molecular weight is 384 g/mol. The van der Waals surface area contributed by atoms with Crippen LogP contribution in [-0.4, -0.2) is 11.6 Å². The van der Waals surface area contributed by atoms with E-state index in [1.54, 1.807) is 19.1 Å². The standard InChI is InChI=1S/C18H14BrN3O2/c1-11(12-6-8-14(19)9-7-12)21-22-18(23)15-10-13-4-2-3-5-16(13)24-17(15)20/h2-10,20H,1H3,(H,22,23)/b20-17?,21-11-. The van der Waals surface area contributed by atoms with Gasteiger partial charge in [-0.15, -0.1) is 0 Å². The normalized spacial score (nSPS) is 11.5. The summed E-state index contributed by atoms with van der Waals surface area (Å²) in [5.41, 5.74) is 4.55. The average Bonchev–Trinajstić information content (AvgIpc) is 2.59. The van der Waals surface area contributed by atoms with Crippen molar-refractivity contribution in [2.24, 2.45) is 5.10 Å². The largest absolute Gasteiger partial charge is 0.438 e. The molecule has 0 radical (unpaired) electrons. The van der Waals surface area contributed by atoms with Gasteiger partial charge in [0.05, 0.1) is 5.71 Å². The Kier molecular flexibility index (Phi) is 4.57. The number of halogens is 1. The number of fused-ring (bicyclic) bond motifs is 1. The maximum Gasteiger partial charge on any atom is 0.276 e. The third-order valence-corrected chi connectivity index (χ3v) is 4.04. The lowest BCUT2D eigenvalue weighted by Gasteiger charge is -2.04. The Hall–Kier alpha value is -2.73. The van der Waals surface area contributed by atoms with Crippen LogP contribution in [0.1, 0.15) is 22.8 Å². The first-order chi connectivity index (χ1) is 11.5. The number of nitrogens with zero attached hydrogens (tertiary/aromatic N) is 1. The molecule has 3 rings (SSSR count). The number of benzene rings is 2. The molecule has 0 saturated heterocycles.